The average molecular weight is 774 g/mol. The van der Waals surface area contributed by atoms with Crippen LogP contribution in [-0.2, 0) is 5.41 Å². The summed E-state index contributed by atoms with van der Waals surface area (Å²) in [7, 11) is 0. The van der Waals surface area contributed by atoms with Crippen molar-refractivity contribution in [2.45, 2.75) is 25.0 Å². The fourth-order valence-corrected chi connectivity index (χ4v) is 12.4. The largest absolute Gasteiger partial charge is 0.309 e. The molecule has 3 heteroatoms. The Morgan fingerprint density at radius 2 is 0.897 bits per heavy atom. The Hall–Kier alpha value is -6.52. The van der Waals surface area contributed by atoms with E-state index in [4.69, 9.17) is 0 Å². The minimum absolute atomic E-state index is 0.637. The molecule has 2 aliphatic rings. The first kappa shape index (κ1) is 33.6. The van der Waals surface area contributed by atoms with Gasteiger partial charge in [0, 0.05) is 36.0 Å². The van der Waals surface area contributed by atoms with Gasteiger partial charge in [-0.3, -0.25) is 0 Å². The van der Waals surface area contributed by atoms with E-state index in [-0.39, 0.29) is 0 Å². The summed E-state index contributed by atoms with van der Waals surface area (Å²) in [5.74, 6) is 0. The van der Waals surface area contributed by atoms with Gasteiger partial charge >= 0.3 is 0 Å². The highest BCUT2D eigenvalue weighted by Gasteiger charge is 2.51. The van der Waals surface area contributed by atoms with Crippen LogP contribution in [0, 0.1) is 0 Å². The van der Waals surface area contributed by atoms with Crippen LogP contribution in [-0.4, -0.2) is 4.57 Å². The minimum Gasteiger partial charge on any atom is -0.309 e. The van der Waals surface area contributed by atoms with Crippen molar-refractivity contribution in [1.82, 2.24) is 4.57 Å². The highest BCUT2D eigenvalue weighted by molar-refractivity contribution is 8.00. The number of benzene rings is 9. The molecular formula is C55H35NS2. The number of para-hydroxylation sites is 2. The zero-order valence-corrected chi connectivity index (χ0v) is 33.1. The van der Waals surface area contributed by atoms with E-state index in [1.54, 1.807) is 0 Å². The van der Waals surface area contributed by atoms with Gasteiger partial charge in [-0.05, 0) is 98.1 Å². The number of nitrogens with zero attached hydrogens (tertiary/aromatic N) is 1. The van der Waals surface area contributed by atoms with Gasteiger partial charge in [0.05, 0.1) is 16.4 Å². The summed E-state index contributed by atoms with van der Waals surface area (Å²) in [6.07, 6.45) is 0. The highest BCUT2D eigenvalue weighted by atomic mass is 32.2. The Labute approximate surface area is 346 Å². The molecule has 1 unspecified atom stereocenters. The molecule has 0 fully saturated rings. The maximum atomic E-state index is 2.44. The van der Waals surface area contributed by atoms with Crippen molar-refractivity contribution in [3.63, 3.8) is 0 Å². The summed E-state index contributed by atoms with van der Waals surface area (Å²) in [4.78, 5) is 5.19. The Morgan fingerprint density at radius 3 is 1.64 bits per heavy atom. The van der Waals surface area contributed by atoms with Crippen LogP contribution >= 0.6 is 23.5 Å². The predicted molar refractivity (Wildman–Crippen MR) is 244 cm³/mol. The van der Waals surface area contributed by atoms with E-state index in [9.17, 15) is 0 Å². The van der Waals surface area contributed by atoms with Crippen molar-refractivity contribution in [2.75, 3.05) is 0 Å². The van der Waals surface area contributed by atoms with Crippen LogP contribution in [0.3, 0.4) is 0 Å². The zero-order chi connectivity index (χ0) is 38.2. The van der Waals surface area contributed by atoms with Crippen LogP contribution in [0.15, 0.2) is 232 Å². The molecule has 1 atom stereocenters. The van der Waals surface area contributed by atoms with Crippen molar-refractivity contribution >= 4 is 45.3 Å². The van der Waals surface area contributed by atoms with E-state index in [2.05, 4.69) is 217 Å². The van der Waals surface area contributed by atoms with E-state index in [1.165, 1.54) is 97.0 Å². The molecule has 2 aliphatic heterocycles. The highest BCUT2D eigenvalue weighted by Crippen LogP contribution is 2.66. The van der Waals surface area contributed by atoms with Crippen LogP contribution in [0.1, 0.15) is 22.3 Å². The molecule has 0 N–H and O–H groups in total. The molecule has 0 saturated heterocycles. The first-order valence-corrected chi connectivity index (χ1v) is 21.5. The predicted octanol–water partition coefficient (Wildman–Crippen LogP) is 15.1. The zero-order valence-electron chi connectivity index (χ0n) is 31.5. The Balaban J connectivity index is 1.24. The molecule has 272 valence electrons. The standard InChI is InChI=1S/C55H35NS2/c1-4-17-36(18-5-1)41-33-34-42(37-19-6-2-7-20-37)54-53(41)55(46-26-12-15-29-50(46)58-54)45-25-11-14-28-49(45)57-51-30-16-24-40(52(51)55)38-31-32-44-43-23-10-13-27-47(43)56(48(44)35-38)39-21-8-3-9-22-39/h1-35H. The summed E-state index contributed by atoms with van der Waals surface area (Å²) in [5.41, 5.74) is 15.7. The van der Waals surface area contributed by atoms with E-state index in [1.807, 2.05) is 23.5 Å². The van der Waals surface area contributed by atoms with Crippen LogP contribution in [0.5, 0.6) is 0 Å². The molecule has 1 aromatic heterocycles. The molecule has 0 aliphatic carbocycles. The summed E-state index contributed by atoms with van der Waals surface area (Å²) < 4.78 is 2.44. The molecule has 1 nitrogen and oxygen atoms in total. The quantitative estimate of drug-likeness (QED) is 0.175. The summed E-state index contributed by atoms with van der Waals surface area (Å²) in [5, 5.41) is 2.52. The molecule has 0 amide bonds. The van der Waals surface area contributed by atoms with Gasteiger partial charge in [0.25, 0.3) is 0 Å². The molecule has 0 bridgehead atoms. The number of aromatic nitrogens is 1. The van der Waals surface area contributed by atoms with Crippen LogP contribution < -0.4 is 0 Å². The molecular weight excluding hydrogens is 739 g/mol. The van der Waals surface area contributed by atoms with Gasteiger partial charge in [0.15, 0.2) is 0 Å². The molecule has 0 saturated carbocycles. The topological polar surface area (TPSA) is 4.93 Å². The van der Waals surface area contributed by atoms with E-state index in [0.29, 0.717) is 0 Å². The monoisotopic (exact) mass is 773 g/mol. The molecule has 3 heterocycles. The second-order valence-corrected chi connectivity index (χ2v) is 17.3. The lowest BCUT2D eigenvalue weighted by Crippen LogP contribution is -2.38. The molecule has 12 rings (SSSR count). The Kier molecular flexibility index (Phi) is 7.69. The van der Waals surface area contributed by atoms with Crippen LogP contribution in [0.4, 0.5) is 0 Å². The van der Waals surface area contributed by atoms with Crippen molar-refractivity contribution in [3.05, 3.63) is 235 Å². The first-order chi connectivity index (χ1) is 28.8. The number of rotatable bonds is 4. The molecule has 58 heavy (non-hydrogen) atoms. The van der Waals surface area contributed by atoms with Gasteiger partial charge in [-0.15, -0.1) is 0 Å². The maximum absolute atomic E-state index is 2.44. The summed E-state index contributed by atoms with van der Waals surface area (Å²) in [6.45, 7) is 0. The van der Waals surface area contributed by atoms with Gasteiger partial charge in [0.2, 0.25) is 0 Å². The van der Waals surface area contributed by atoms with Gasteiger partial charge in [-0.2, -0.15) is 0 Å². The van der Waals surface area contributed by atoms with Gasteiger partial charge < -0.3 is 4.57 Å². The summed E-state index contributed by atoms with van der Waals surface area (Å²) >= 11 is 3.83. The second kappa shape index (κ2) is 13.3. The Bertz CT molecular complexity index is 3210. The summed E-state index contributed by atoms with van der Waals surface area (Å²) in [6, 6.07) is 78.9. The van der Waals surface area contributed by atoms with Crippen LogP contribution in [0.25, 0.3) is 60.9 Å². The average Bonchev–Trinajstić information content (AvgIpc) is 3.63. The third kappa shape index (κ3) is 4.87. The fraction of sp³-hybridized carbons (Fsp3) is 0.0182. The van der Waals surface area contributed by atoms with Crippen molar-refractivity contribution in [3.8, 4) is 39.1 Å². The van der Waals surface area contributed by atoms with Gasteiger partial charge in [-0.25, -0.2) is 0 Å². The number of fused-ring (bicyclic) bond motifs is 11. The lowest BCUT2D eigenvalue weighted by molar-refractivity contribution is 0.671. The smallest absolute Gasteiger partial charge is 0.0757 e. The third-order valence-electron chi connectivity index (χ3n) is 12.1. The second-order valence-electron chi connectivity index (χ2n) is 15.1. The Morgan fingerprint density at radius 1 is 0.345 bits per heavy atom. The fourth-order valence-electron chi connectivity index (χ4n) is 9.77. The van der Waals surface area contributed by atoms with Crippen molar-refractivity contribution < 1.29 is 0 Å². The van der Waals surface area contributed by atoms with E-state index in [0.717, 1.165) is 5.69 Å². The number of hydrogen-bond acceptors (Lipinski definition) is 2. The lowest BCUT2D eigenvalue weighted by Gasteiger charge is -2.48. The van der Waals surface area contributed by atoms with Gasteiger partial charge in [0.1, 0.15) is 0 Å². The lowest BCUT2D eigenvalue weighted by atomic mass is 9.61. The molecule has 10 aromatic rings. The normalized spacial score (nSPS) is 15.2. The van der Waals surface area contributed by atoms with Gasteiger partial charge in [-0.1, -0.05) is 193 Å². The molecule has 9 aromatic carbocycles. The minimum atomic E-state index is -0.637. The third-order valence-corrected chi connectivity index (χ3v) is 14.5. The first-order valence-electron chi connectivity index (χ1n) is 19.8. The molecule has 0 radical (unpaired) electrons. The molecule has 1 spiro atoms. The van der Waals surface area contributed by atoms with Crippen molar-refractivity contribution in [2.24, 2.45) is 0 Å². The SMILES string of the molecule is c1ccc(-c2ccc(-c3ccccc3)c3c2Sc2ccccc2C32c3ccccc3Sc3cccc(-c4ccc5c6ccccc6n(-c6ccccc6)c5c4)c32)cc1. The number of hydrogen-bond donors (Lipinski definition) is 0. The van der Waals surface area contributed by atoms with E-state index >= 15 is 0 Å². The van der Waals surface area contributed by atoms with Crippen LogP contribution in [0.2, 0.25) is 0 Å². The van der Waals surface area contributed by atoms with E-state index < -0.39 is 5.41 Å². The maximum Gasteiger partial charge on any atom is 0.0757 e. The van der Waals surface area contributed by atoms with Crippen molar-refractivity contribution in [1.29, 1.82) is 0 Å².